The summed E-state index contributed by atoms with van der Waals surface area (Å²) in [5.41, 5.74) is 5.66. The van der Waals surface area contributed by atoms with E-state index in [1.807, 2.05) is 25.5 Å². The van der Waals surface area contributed by atoms with Crippen molar-refractivity contribution in [1.29, 1.82) is 0 Å². The number of nitrogens with zero attached hydrogens (tertiary/aromatic N) is 5. The van der Waals surface area contributed by atoms with Crippen molar-refractivity contribution in [3.05, 3.63) is 41.9 Å². The number of halogens is 3. The van der Waals surface area contributed by atoms with Crippen LogP contribution in [-0.4, -0.2) is 51.7 Å². The van der Waals surface area contributed by atoms with Gasteiger partial charge in [-0.2, -0.15) is 23.4 Å². The zero-order valence-electron chi connectivity index (χ0n) is 19.0. The van der Waals surface area contributed by atoms with E-state index in [9.17, 15) is 13.2 Å². The summed E-state index contributed by atoms with van der Waals surface area (Å²) < 4.78 is 42.1. The van der Waals surface area contributed by atoms with Crippen LogP contribution in [0.15, 0.2) is 35.8 Å². The quantitative estimate of drug-likeness (QED) is 0.442. The predicted molar refractivity (Wildman–Crippen MR) is 119 cm³/mol. The molecule has 0 radical (unpaired) electrons. The standard InChI is InChI=1S/C23H30F3N7/c1-13(5-7-28-3)33(31-14(2)15-9-18(23(24,25)26)21(27)29-11-15)12-22-16-10-17(22)20(19(16)22)32-8-4-6-30-32/h4,6,8-9,11,13,16-17,19-20,28H,5,7,10,12H2,1-3H3,(H2,27,29). The number of hydrazone groups is 1. The number of hydrogen-bond donors (Lipinski definition) is 2. The van der Waals surface area contributed by atoms with Gasteiger partial charge in [-0.3, -0.25) is 9.69 Å². The highest BCUT2D eigenvalue weighted by Gasteiger charge is 2.88. The van der Waals surface area contributed by atoms with Gasteiger partial charge >= 0.3 is 6.18 Å². The lowest BCUT2D eigenvalue weighted by Crippen LogP contribution is -2.50. The van der Waals surface area contributed by atoms with Gasteiger partial charge in [-0.1, -0.05) is 0 Å². The number of nitrogens with one attached hydrogen (secondary N) is 1. The van der Waals surface area contributed by atoms with E-state index in [2.05, 4.69) is 32.0 Å². The maximum absolute atomic E-state index is 13.3. The largest absolute Gasteiger partial charge is 0.419 e. The minimum Gasteiger partial charge on any atom is -0.383 e. The Kier molecular flexibility index (Phi) is 5.19. The smallest absolute Gasteiger partial charge is 0.383 e. The van der Waals surface area contributed by atoms with E-state index in [0.29, 0.717) is 35.1 Å². The molecule has 3 fully saturated rings. The van der Waals surface area contributed by atoms with E-state index >= 15 is 0 Å². The first-order chi connectivity index (χ1) is 15.7. The summed E-state index contributed by atoms with van der Waals surface area (Å²) in [7, 11) is 1.91. The zero-order valence-corrected chi connectivity index (χ0v) is 19.0. The Morgan fingerprint density at radius 2 is 2.21 bits per heavy atom. The van der Waals surface area contributed by atoms with Gasteiger partial charge in [0.15, 0.2) is 0 Å². The number of nitrogen functional groups attached to an aromatic ring is 1. The molecule has 33 heavy (non-hydrogen) atoms. The Labute approximate surface area is 191 Å². The Bertz CT molecular complexity index is 1040. The summed E-state index contributed by atoms with van der Waals surface area (Å²) in [5.74, 6) is 1.39. The third kappa shape index (κ3) is 3.41. The van der Waals surface area contributed by atoms with Crippen LogP contribution in [0.1, 0.15) is 43.9 Å². The van der Waals surface area contributed by atoms with Gasteiger partial charge in [0.2, 0.25) is 0 Å². The molecule has 2 aromatic heterocycles. The van der Waals surface area contributed by atoms with Gasteiger partial charge in [-0.05, 0) is 70.2 Å². The molecule has 0 aliphatic heterocycles. The van der Waals surface area contributed by atoms with Crippen molar-refractivity contribution < 1.29 is 13.2 Å². The molecule has 2 heterocycles. The van der Waals surface area contributed by atoms with E-state index in [1.54, 1.807) is 6.92 Å². The fourth-order valence-corrected chi connectivity index (χ4v) is 6.31. The molecule has 3 saturated carbocycles. The second-order valence-electron chi connectivity index (χ2n) is 9.74. The highest BCUT2D eigenvalue weighted by atomic mass is 19.4. The van der Waals surface area contributed by atoms with Gasteiger partial charge in [0, 0.05) is 42.2 Å². The third-order valence-corrected chi connectivity index (χ3v) is 8.12. The summed E-state index contributed by atoms with van der Waals surface area (Å²) in [4.78, 5) is 3.77. The van der Waals surface area contributed by atoms with Crippen LogP contribution in [-0.2, 0) is 6.18 Å². The second-order valence-corrected chi connectivity index (χ2v) is 9.74. The molecule has 178 valence electrons. The van der Waals surface area contributed by atoms with Crippen LogP contribution in [0.4, 0.5) is 19.0 Å². The number of anilines is 1. The number of alkyl halides is 3. The van der Waals surface area contributed by atoms with Crippen LogP contribution in [0.2, 0.25) is 0 Å². The molecule has 6 unspecified atom stereocenters. The SMILES string of the molecule is CNCCC(C)N(CC12C3CC1C2C3n1cccn1)N=C(C)c1cnc(N)c(C(F)(F)F)c1. The molecule has 10 heteroatoms. The summed E-state index contributed by atoms with van der Waals surface area (Å²) >= 11 is 0. The number of fused-ring (bicyclic) bond motifs is 1. The maximum Gasteiger partial charge on any atom is 0.419 e. The topological polar surface area (TPSA) is 84.4 Å². The number of rotatable bonds is 9. The summed E-state index contributed by atoms with van der Waals surface area (Å²) in [5, 5.41) is 14.6. The van der Waals surface area contributed by atoms with Crippen molar-refractivity contribution in [2.24, 2.45) is 28.3 Å². The van der Waals surface area contributed by atoms with Crippen molar-refractivity contribution in [3.8, 4) is 0 Å². The zero-order chi connectivity index (χ0) is 23.5. The minimum absolute atomic E-state index is 0.148. The first kappa shape index (κ1) is 22.2. The lowest BCUT2D eigenvalue weighted by atomic mass is 9.62. The first-order valence-electron chi connectivity index (χ1n) is 11.5. The Morgan fingerprint density at radius 3 is 2.85 bits per heavy atom. The summed E-state index contributed by atoms with van der Waals surface area (Å²) in [6.45, 7) is 5.52. The molecule has 0 aromatic carbocycles. The fourth-order valence-electron chi connectivity index (χ4n) is 6.31. The number of aromatic nitrogens is 3. The normalized spacial score (nSPS) is 30.8. The van der Waals surface area contributed by atoms with Gasteiger partial charge in [-0.25, -0.2) is 4.98 Å². The van der Waals surface area contributed by atoms with Gasteiger partial charge in [0.25, 0.3) is 0 Å². The van der Waals surface area contributed by atoms with Crippen molar-refractivity contribution >= 4 is 11.5 Å². The molecule has 0 saturated heterocycles. The second kappa shape index (κ2) is 7.72. The fraction of sp³-hybridized carbons (Fsp3) is 0.609. The van der Waals surface area contributed by atoms with Crippen molar-refractivity contribution in [3.63, 3.8) is 0 Å². The van der Waals surface area contributed by atoms with E-state index in [1.165, 1.54) is 12.6 Å². The Morgan fingerprint density at radius 1 is 1.42 bits per heavy atom. The Balaban J connectivity index is 1.38. The summed E-state index contributed by atoms with van der Waals surface area (Å²) in [6.07, 6.45) is 2.81. The maximum atomic E-state index is 13.3. The molecule has 3 N–H and O–H groups in total. The highest BCUT2D eigenvalue weighted by molar-refractivity contribution is 5.98. The van der Waals surface area contributed by atoms with Crippen LogP contribution in [0.5, 0.6) is 0 Å². The van der Waals surface area contributed by atoms with E-state index in [-0.39, 0.29) is 11.5 Å². The molecule has 7 nitrogen and oxygen atoms in total. The molecule has 2 aromatic rings. The van der Waals surface area contributed by atoms with Gasteiger partial charge < -0.3 is 11.1 Å². The first-order valence-corrected chi connectivity index (χ1v) is 11.5. The lowest BCUT2D eigenvalue weighted by Gasteiger charge is -2.49. The minimum atomic E-state index is -4.55. The lowest BCUT2D eigenvalue weighted by molar-refractivity contribution is -0.137. The van der Waals surface area contributed by atoms with Gasteiger partial charge in [0.05, 0.1) is 17.3 Å². The number of pyridine rings is 1. The molecule has 3 aliphatic rings. The number of nitrogens with two attached hydrogens (primary N) is 1. The molecule has 5 rings (SSSR count). The number of hydrogen-bond acceptors (Lipinski definition) is 6. The van der Waals surface area contributed by atoms with Crippen molar-refractivity contribution in [2.45, 2.75) is 44.9 Å². The van der Waals surface area contributed by atoms with Crippen LogP contribution in [0, 0.1) is 23.2 Å². The van der Waals surface area contributed by atoms with Crippen LogP contribution in [0.25, 0.3) is 0 Å². The van der Waals surface area contributed by atoms with Crippen LogP contribution in [0.3, 0.4) is 0 Å². The van der Waals surface area contributed by atoms with Crippen LogP contribution < -0.4 is 11.1 Å². The molecule has 0 spiro atoms. The molecular weight excluding hydrogens is 431 g/mol. The van der Waals surface area contributed by atoms with Crippen LogP contribution >= 0.6 is 0 Å². The molecule has 0 bridgehead atoms. The highest BCUT2D eigenvalue weighted by Crippen LogP contribution is 2.90. The molecule has 6 atom stereocenters. The molecular formula is C23H30F3N7. The van der Waals surface area contributed by atoms with E-state index in [4.69, 9.17) is 10.8 Å². The molecule has 0 amide bonds. The summed E-state index contributed by atoms with van der Waals surface area (Å²) in [6, 6.07) is 3.63. The monoisotopic (exact) mass is 461 g/mol. The average molecular weight is 462 g/mol. The Hall–Kier alpha value is -2.62. The average Bonchev–Trinajstić information content (AvgIpc) is 3.28. The predicted octanol–water partition coefficient (Wildman–Crippen LogP) is 3.41. The van der Waals surface area contributed by atoms with Gasteiger partial charge in [-0.15, -0.1) is 0 Å². The van der Waals surface area contributed by atoms with Gasteiger partial charge in [0.1, 0.15) is 5.82 Å². The van der Waals surface area contributed by atoms with E-state index < -0.39 is 17.6 Å². The third-order valence-electron chi connectivity index (χ3n) is 8.12. The van der Waals surface area contributed by atoms with E-state index in [0.717, 1.165) is 25.6 Å². The van der Waals surface area contributed by atoms with Crippen molar-refractivity contribution in [1.82, 2.24) is 25.1 Å². The van der Waals surface area contributed by atoms with Crippen molar-refractivity contribution in [2.75, 3.05) is 25.9 Å². The molecule has 3 aliphatic carbocycles.